The molecule has 2 nitrogen and oxygen atoms in total. The minimum Gasteiger partial charge on any atom is -0.381 e. The van der Waals surface area contributed by atoms with E-state index in [2.05, 4.69) is 20.8 Å². The third kappa shape index (κ3) is 9.92. The summed E-state index contributed by atoms with van der Waals surface area (Å²) >= 11 is 0. The van der Waals surface area contributed by atoms with Gasteiger partial charge in [0, 0.05) is 18.9 Å². The second kappa shape index (κ2) is 7.00. The van der Waals surface area contributed by atoms with Crippen molar-refractivity contribution in [3.8, 4) is 0 Å². The lowest BCUT2D eigenvalue weighted by molar-refractivity contribution is -0.123. The third-order valence-electron chi connectivity index (χ3n) is 2.35. The van der Waals surface area contributed by atoms with Crippen LogP contribution in [0, 0.1) is 11.3 Å². The lowest BCUT2D eigenvalue weighted by Crippen LogP contribution is -2.11. The summed E-state index contributed by atoms with van der Waals surface area (Å²) in [5, 5.41) is 0. The Balaban J connectivity index is 3.30. The second-order valence-corrected chi connectivity index (χ2v) is 5.65. The summed E-state index contributed by atoms with van der Waals surface area (Å²) in [7, 11) is 0. The summed E-state index contributed by atoms with van der Waals surface area (Å²) in [6, 6.07) is 0. The third-order valence-corrected chi connectivity index (χ3v) is 2.35. The summed E-state index contributed by atoms with van der Waals surface area (Å²) in [5.74, 6) is 0.439. The Morgan fingerprint density at radius 2 is 1.80 bits per heavy atom. The van der Waals surface area contributed by atoms with E-state index in [0.717, 1.165) is 13.0 Å². The SMILES string of the molecule is CC(C)C(=O)CCOCCCC(C)(C)C. The second-order valence-electron chi connectivity index (χ2n) is 5.65. The van der Waals surface area contributed by atoms with E-state index in [-0.39, 0.29) is 5.92 Å². The monoisotopic (exact) mass is 214 g/mol. The van der Waals surface area contributed by atoms with Gasteiger partial charge in [-0.2, -0.15) is 0 Å². The van der Waals surface area contributed by atoms with Gasteiger partial charge in [-0.15, -0.1) is 0 Å². The van der Waals surface area contributed by atoms with Crippen LogP contribution < -0.4 is 0 Å². The first-order valence-electron chi connectivity index (χ1n) is 5.93. The molecule has 2 heteroatoms. The predicted molar refractivity (Wildman–Crippen MR) is 64.0 cm³/mol. The number of ketones is 1. The number of Topliss-reactive ketones (excluding diaryl/α,β-unsaturated/α-hetero) is 1. The maximum atomic E-state index is 11.3. The highest BCUT2D eigenvalue weighted by atomic mass is 16.5. The van der Waals surface area contributed by atoms with Crippen molar-refractivity contribution in [2.75, 3.05) is 13.2 Å². The van der Waals surface area contributed by atoms with Crippen LogP contribution in [0.4, 0.5) is 0 Å². The lowest BCUT2D eigenvalue weighted by atomic mass is 9.91. The number of rotatable bonds is 7. The Morgan fingerprint density at radius 3 is 2.27 bits per heavy atom. The number of ether oxygens (including phenoxy) is 1. The first-order valence-corrected chi connectivity index (χ1v) is 5.93. The van der Waals surface area contributed by atoms with Crippen LogP contribution >= 0.6 is 0 Å². The van der Waals surface area contributed by atoms with Gasteiger partial charge in [-0.1, -0.05) is 34.6 Å². The summed E-state index contributed by atoms with van der Waals surface area (Å²) in [6.45, 7) is 11.9. The van der Waals surface area contributed by atoms with Crippen molar-refractivity contribution in [1.29, 1.82) is 0 Å². The number of carbonyl (C=O) groups is 1. The zero-order valence-corrected chi connectivity index (χ0v) is 10.9. The van der Waals surface area contributed by atoms with Crippen LogP contribution in [0.1, 0.15) is 53.9 Å². The molecule has 0 amide bonds. The molecule has 0 aromatic heterocycles. The Morgan fingerprint density at radius 1 is 1.20 bits per heavy atom. The maximum Gasteiger partial charge on any atom is 0.137 e. The Hall–Kier alpha value is -0.370. The molecule has 0 rings (SSSR count). The van der Waals surface area contributed by atoms with Gasteiger partial charge in [0.2, 0.25) is 0 Å². The fraction of sp³-hybridized carbons (Fsp3) is 0.923. The fourth-order valence-corrected chi connectivity index (χ4v) is 1.27. The quantitative estimate of drug-likeness (QED) is 0.607. The highest BCUT2D eigenvalue weighted by Gasteiger charge is 2.09. The summed E-state index contributed by atoms with van der Waals surface area (Å²) in [4.78, 5) is 11.3. The first-order chi connectivity index (χ1) is 6.83. The van der Waals surface area contributed by atoms with Crippen LogP contribution in [-0.2, 0) is 9.53 Å². The molecule has 0 aromatic carbocycles. The van der Waals surface area contributed by atoms with Crippen LogP contribution in [-0.4, -0.2) is 19.0 Å². The largest absolute Gasteiger partial charge is 0.381 e. The number of hydrogen-bond acceptors (Lipinski definition) is 2. The highest BCUT2D eigenvalue weighted by Crippen LogP contribution is 2.20. The normalized spacial score (nSPS) is 12.1. The van der Waals surface area contributed by atoms with E-state index in [4.69, 9.17) is 4.74 Å². The van der Waals surface area contributed by atoms with Gasteiger partial charge in [-0.05, 0) is 18.3 Å². The maximum absolute atomic E-state index is 11.3. The topological polar surface area (TPSA) is 26.3 Å². The standard InChI is InChI=1S/C13H26O2/c1-11(2)12(14)7-10-15-9-6-8-13(3,4)5/h11H,6-10H2,1-5H3. The number of carbonyl (C=O) groups excluding carboxylic acids is 1. The molecule has 0 saturated heterocycles. The fourth-order valence-electron chi connectivity index (χ4n) is 1.27. The Bertz CT molecular complexity index is 177. The van der Waals surface area contributed by atoms with Crippen molar-refractivity contribution in [2.24, 2.45) is 11.3 Å². The molecule has 0 saturated carbocycles. The van der Waals surface area contributed by atoms with Crippen LogP contribution in [0.3, 0.4) is 0 Å². The van der Waals surface area contributed by atoms with Crippen LogP contribution in [0.15, 0.2) is 0 Å². The first kappa shape index (κ1) is 14.6. The highest BCUT2D eigenvalue weighted by molar-refractivity contribution is 5.80. The molecule has 0 spiro atoms. The average molecular weight is 214 g/mol. The van der Waals surface area contributed by atoms with Crippen LogP contribution in [0.2, 0.25) is 0 Å². The molecule has 90 valence electrons. The lowest BCUT2D eigenvalue weighted by Gasteiger charge is -2.17. The van der Waals surface area contributed by atoms with Crippen molar-refractivity contribution in [3.63, 3.8) is 0 Å². The summed E-state index contributed by atoms with van der Waals surface area (Å²) in [6.07, 6.45) is 2.82. The summed E-state index contributed by atoms with van der Waals surface area (Å²) in [5.41, 5.74) is 0.386. The molecule has 0 aliphatic rings. The zero-order valence-electron chi connectivity index (χ0n) is 10.9. The average Bonchev–Trinajstić information content (AvgIpc) is 2.08. The Kier molecular flexibility index (Phi) is 6.82. The zero-order chi connectivity index (χ0) is 11.9. The van der Waals surface area contributed by atoms with Gasteiger partial charge in [0.05, 0.1) is 6.61 Å². The van der Waals surface area contributed by atoms with Crippen LogP contribution in [0.5, 0.6) is 0 Å². The van der Waals surface area contributed by atoms with Gasteiger partial charge in [-0.25, -0.2) is 0 Å². The molecule has 0 radical (unpaired) electrons. The molecule has 0 N–H and O–H groups in total. The van der Waals surface area contributed by atoms with Gasteiger partial charge in [0.25, 0.3) is 0 Å². The molecule has 15 heavy (non-hydrogen) atoms. The van der Waals surface area contributed by atoms with Crippen molar-refractivity contribution < 1.29 is 9.53 Å². The van der Waals surface area contributed by atoms with Crippen molar-refractivity contribution in [3.05, 3.63) is 0 Å². The molecule has 0 bridgehead atoms. The molecule has 0 unspecified atom stereocenters. The van der Waals surface area contributed by atoms with Gasteiger partial charge < -0.3 is 4.74 Å². The van der Waals surface area contributed by atoms with E-state index >= 15 is 0 Å². The molecule has 0 heterocycles. The van der Waals surface area contributed by atoms with Gasteiger partial charge in [-0.3, -0.25) is 4.79 Å². The van der Waals surface area contributed by atoms with Crippen molar-refractivity contribution in [1.82, 2.24) is 0 Å². The predicted octanol–water partition coefficient (Wildman–Crippen LogP) is 3.44. The van der Waals surface area contributed by atoms with E-state index in [0.29, 0.717) is 24.2 Å². The van der Waals surface area contributed by atoms with E-state index in [1.54, 1.807) is 0 Å². The molecule has 0 aromatic rings. The van der Waals surface area contributed by atoms with Crippen LogP contribution in [0.25, 0.3) is 0 Å². The summed E-state index contributed by atoms with van der Waals surface area (Å²) < 4.78 is 5.43. The Labute approximate surface area is 94.4 Å². The van der Waals surface area contributed by atoms with E-state index in [1.165, 1.54) is 6.42 Å². The molecule has 0 fully saturated rings. The van der Waals surface area contributed by atoms with Crippen molar-refractivity contribution in [2.45, 2.75) is 53.9 Å². The molecular weight excluding hydrogens is 188 g/mol. The van der Waals surface area contributed by atoms with E-state index in [1.807, 2.05) is 13.8 Å². The van der Waals surface area contributed by atoms with E-state index in [9.17, 15) is 4.79 Å². The minimum atomic E-state index is 0.142. The van der Waals surface area contributed by atoms with Crippen molar-refractivity contribution >= 4 is 5.78 Å². The van der Waals surface area contributed by atoms with Gasteiger partial charge in [0.15, 0.2) is 0 Å². The molecule has 0 atom stereocenters. The number of hydrogen-bond donors (Lipinski definition) is 0. The van der Waals surface area contributed by atoms with Gasteiger partial charge >= 0.3 is 0 Å². The minimum absolute atomic E-state index is 0.142. The smallest absolute Gasteiger partial charge is 0.137 e. The van der Waals surface area contributed by atoms with E-state index < -0.39 is 0 Å². The molecular formula is C13H26O2. The van der Waals surface area contributed by atoms with Gasteiger partial charge in [0.1, 0.15) is 5.78 Å². The molecule has 0 aliphatic carbocycles. The molecule has 0 aliphatic heterocycles.